The van der Waals surface area contributed by atoms with E-state index in [1.165, 1.54) is 12.1 Å². The van der Waals surface area contributed by atoms with E-state index in [1.54, 1.807) is 30.3 Å². The van der Waals surface area contributed by atoms with Gasteiger partial charge < -0.3 is 9.84 Å². The van der Waals surface area contributed by atoms with Crippen molar-refractivity contribution in [2.24, 2.45) is 0 Å². The average molecular weight is 300 g/mol. The number of halogens is 1. The smallest absolute Gasteiger partial charge is 0.371 e. The van der Waals surface area contributed by atoms with Crippen LogP contribution >= 0.6 is 0 Å². The second kappa shape index (κ2) is 7.41. The molecule has 0 aromatic heterocycles. The van der Waals surface area contributed by atoms with E-state index in [0.717, 1.165) is 17.5 Å². The molecule has 0 fully saturated rings. The molecule has 4 heteroatoms. The van der Waals surface area contributed by atoms with E-state index in [9.17, 15) is 9.18 Å². The van der Waals surface area contributed by atoms with Crippen molar-refractivity contribution >= 4 is 5.97 Å². The first-order chi connectivity index (χ1) is 10.6. The molecule has 0 saturated heterocycles. The number of carboxylic acid groups (broad SMARTS) is 1. The molecule has 0 atom stereocenters. The Labute approximate surface area is 128 Å². The molecule has 1 N–H and O–H groups in total. The summed E-state index contributed by atoms with van der Waals surface area (Å²) in [5, 5.41) is 9.09. The first-order valence-corrected chi connectivity index (χ1v) is 7.07. The molecule has 2 rings (SSSR count). The summed E-state index contributed by atoms with van der Waals surface area (Å²) in [6.07, 6.45) is 3.06. The largest absolute Gasteiger partial charge is 0.475 e. The lowest BCUT2D eigenvalue weighted by molar-refractivity contribution is -0.135. The number of unbranched alkanes of at least 4 members (excludes halogenated alkanes) is 1. The minimum atomic E-state index is -1.09. The molecule has 114 valence electrons. The van der Waals surface area contributed by atoms with Gasteiger partial charge in [-0.1, -0.05) is 37.6 Å². The Hall–Kier alpha value is -2.62. The van der Waals surface area contributed by atoms with E-state index < -0.39 is 5.97 Å². The van der Waals surface area contributed by atoms with Gasteiger partial charge in [-0.05, 0) is 47.9 Å². The number of aliphatic carboxylic acids is 1. The van der Waals surface area contributed by atoms with Crippen molar-refractivity contribution in [1.29, 1.82) is 0 Å². The molecule has 3 nitrogen and oxygen atoms in total. The zero-order valence-corrected chi connectivity index (χ0v) is 12.3. The van der Waals surface area contributed by atoms with Crippen molar-refractivity contribution in [3.05, 3.63) is 66.2 Å². The second-order valence-corrected chi connectivity index (χ2v) is 4.80. The van der Waals surface area contributed by atoms with E-state index in [2.05, 4.69) is 0 Å². The van der Waals surface area contributed by atoms with Crippen LogP contribution in [0.2, 0.25) is 0 Å². The van der Waals surface area contributed by atoms with Crippen LogP contribution in [0.3, 0.4) is 0 Å². The molecular weight excluding hydrogens is 283 g/mol. The molecule has 0 bridgehead atoms. The van der Waals surface area contributed by atoms with Gasteiger partial charge in [-0.15, -0.1) is 0 Å². The third kappa shape index (κ3) is 4.19. The molecule has 2 aromatic rings. The van der Waals surface area contributed by atoms with Gasteiger partial charge in [-0.2, -0.15) is 0 Å². The number of carboxylic acids is 1. The molecular formula is C18H17FO3. The Morgan fingerprint density at radius 2 is 1.64 bits per heavy atom. The van der Waals surface area contributed by atoms with Gasteiger partial charge in [-0.3, -0.25) is 0 Å². The quantitative estimate of drug-likeness (QED) is 0.624. The van der Waals surface area contributed by atoms with Crippen molar-refractivity contribution in [2.45, 2.75) is 19.8 Å². The van der Waals surface area contributed by atoms with Gasteiger partial charge in [0.15, 0.2) is 0 Å². The lowest BCUT2D eigenvalue weighted by atomic mass is 10.1. The zero-order valence-electron chi connectivity index (χ0n) is 12.3. The lowest BCUT2D eigenvalue weighted by Gasteiger charge is -2.08. The monoisotopic (exact) mass is 300 g/mol. The van der Waals surface area contributed by atoms with Gasteiger partial charge in [0, 0.05) is 0 Å². The first-order valence-electron chi connectivity index (χ1n) is 7.07. The lowest BCUT2D eigenvalue weighted by Crippen LogP contribution is -2.07. The molecule has 2 aromatic carbocycles. The van der Waals surface area contributed by atoms with E-state index in [4.69, 9.17) is 9.84 Å². The Kier molecular flexibility index (Phi) is 5.31. The number of benzene rings is 2. The highest BCUT2D eigenvalue weighted by Gasteiger charge is 2.09. The van der Waals surface area contributed by atoms with Crippen LogP contribution in [0.15, 0.2) is 60.4 Å². The normalized spacial score (nSPS) is 11.3. The van der Waals surface area contributed by atoms with Crippen LogP contribution in [0.25, 0.3) is 11.1 Å². The Morgan fingerprint density at radius 3 is 2.14 bits per heavy atom. The molecule has 0 aliphatic heterocycles. The third-order valence-electron chi connectivity index (χ3n) is 3.09. The van der Waals surface area contributed by atoms with Crippen molar-refractivity contribution in [1.82, 2.24) is 0 Å². The fourth-order valence-corrected chi connectivity index (χ4v) is 1.93. The van der Waals surface area contributed by atoms with Crippen LogP contribution in [0.1, 0.15) is 19.8 Å². The Balaban J connectivity index is 2.14. The number of hydrogen-bond donors (Lipinski definition) is 1. The highest BCUT2D eigenvalue weighted by atomic mass is 19.1. The van der Waals surface area contributed by atoms with E-state index in [0.29, 0.717) is 12.2 Å². The van der Waals surface area contributed by atoms with Gasteiger partial charge in [-0.25, -0.2) is 9.18 Å². The van der Waals surface area contributed by atoms with Gasteiger partial charge in [0.05, 0.1) is 0 Å². The minimum Gasteiger partial charge on any atom is -0.475 e. The van der Waals surface area contributed by atoms with Gasteiger partial charge in [0.25, 0.3) is 0 Å². The summed E-state index contributed by atoms with van der Waals surface area (Å²) in [6.45, 7) is 1.97. The Bertz CT molecular complexity index is 658. The molecule has 0 saturated carbocycles. The fourth-order valence-electron chi connectivity index (χ4n) is 1.93. The summed E-state index contributed by atoms with van der Waals surface area (Å²) < 4.78 is 18.3. The number of allylic oxidation sites excluding steroid dienone is 1. The number of carbonyl (C=O) groups is 1. The summed E-state index contributed by atoms with van der Waals surface area (Å²) in [7, 11) is 0. The fraction of sp³-hybridized carbons (Fsp3) is 0.167. The van der Waals surface area contributed by atoms with Crippen molar-refractivity contribution in [2.75, 3.05) is 0 Å². The van der Waals surface area contributed by atoms with E-state index >= 15 is 0 Å². The average Bonchev–Trinajstić information content (AvgIpc) is 2.52. The molecule has 0 amide bonds. The van der Waals surface area contributed by atoms with Crippen molar-refractivity contribution < 1.29 is 19.0 Å². The van der Waals surface area contributed by atoms with Crippen LogP contribution in [-0.4, -0.2) is 11.1 Å². The summed E-state index contributed by atoms with van der Waals surface area (Å²) in [6, 6.07) is 13.2. The summed E-state index contributed by atoms with van der Waals surface area (Å²) in [4.78, 5) is 11.1. The number of ether oxygens (including phenoxy) is 1. The molecule has 0 spiro atoms. The molecule has 0 aliphatic rings. The minimum absolute atomic E-state index is 0.0728. The molecule has 0 heterocycles. The van der Waals surface area contributed by atoms with Crippen LogP contribution in [0.5, 0.6) is 5.75 Å². The van der Waals surface area contributed by atoms with E-state index in [1.807, 2.05) is 19.1 Å². The van der Waals surface area contributed by atoms with Gasteiger partial charge >= 0.3 is 5.97 Å². The van der Waals surface area contributed by atoms with Crippen molar-refractivity contribution in [3.63, 3.8) is 0 Å². The highest BCUT2D eigenvalue weighted by Crippen LogP contribution is 2.23. The van der Waals surface area contributed by atoms with Crippen LogP contribution < -0.4 is 4.74 Å². The zero-order chi connectivity index (χ0) is 15.9. The third-order valence-corrected chi connectivity index (χ3v) is 3.09. The van der Waals surface area contributed by atoms with Gasteiger partial charge in [0.2, 0.25) is 5.76 Å². The molecule has 22 heavy (non-hydrogen) atoms. The predicted molar refractivity (Wildman–Crippen MR) is 83.1 cm³/mol. The summed E-state index contributed by atoms with van der Waals surface area (Å²) in [5.74, 6) is -0.987. The SMILES string of the molecule is CCCC=C(Oc1ccc(-c2ccc(F)cc2)cc1)C(=O)O. The maximum atomic E-state index is 12.9. The summed E-state index contributed by atoms with van der Waals surface area (Å²) in [5.41, 5.74) is 1.79. The highest BCUT2D eigenvalue weighted by molar-refractivity contribution is 5.84. The predicted octanol–water partition coefficient (Wildman–Crippen LogP) is 4.64. The molecule has 0 aliphatic carbocycles. The van der Waals surface area contributed by atoms with Crippen LogP contribution in [0, 0.1) is 5.82 Å². The summed E-state index contributed by atoms with van der Waals surface area (Å²) >= 11 is 0. The standard InChI is InChI=1S/C18H17FO3/c1-2-3-4-17(18(20)21)22-16-11-7-14(8-12-16)13-5-9-15(19)10-6-13/h4-12H,2-3H2,1H3,(H,20,21). The topological polar surface area (TPSA) is 46.5 Å². The number of hydrogen-bond acceptors (Lipinski definition) is 2. The van der Waals surface area contributed by atoms with E-state index in [-0.39, 0.29) is 11.6 Å². The van der Waals surface area contributed by atoms with Crippen LogP contribution in [-0.2, 0) is 4.79 Å². The number of rotatable bonds is 6. The van der Waals surface area contributed by atoms with Crippen LogP contribution in [0.4, 0.5) is 4.39 Å². The maximum absolute atomic E-state index is 12.9. The molecule has 0 radical (unpaired) electrons. The Morgan fingerprint density at radius 1 is 1.09 bits per heavy atom. The van der Waals surface area contributed by atoms with Crippen molar-refractivity contribution in [3.8, 4) is 16.9 Å². The second-order valence-electron chi connectivity index (χ2n) is 4.80. The molecule has 0 unspecified atom stereocenters. The van der Waals surface area contributed by atoms with Gasteiger partial charge in [0.1, 0.15) is 11.6 Å². The maximum Gasteiger partial charge on any atom is 0.371 e. The first kappa shape index (κ1) is 15.8.